The topological polar surface area (TPSA) is 50.2 Å². The van der Waals surface area contributed by atoms with Crippen LogP contribution in [0.15, 0.2) is 18.3 Å². The molecule has 0 bridgehead atoms. The van der Waals surface area contributed by atoms with Gasteiger partial charge < -0.3 is 5.11 Å². The van der Waals surface area contributed by atoms with Gasteiger partial charge in [-0.1, -0.05) is 20.3 Å². The molecule has 16 heavy (non-hydrogen) atoms. The second-order valence-corrected chi connectivity index (χ2v) is 4.91. The van der Waals surface area contributed by atoms with E-state index in [1.807, 2.05) is 17.8 Å². The van der Waals surface area contributed by atoms with E-state index in [0.29, 0.717) is 5.92 Å². The van der Waals surface area contributed by atoms with Crippen molar-refractivity contribution in [2.24, 2.45) is 5.92 Å². The molecule has 0 radical (unpaired) electrons. The Kier molecular flexibility index (Phi) is 5.32. The highest BCUT2D eigenvalue weighted by molar-refractivity contribution is 7.98. The third-order valence-electron chi connectivity index (χ3n) is 2.41. The molecule has 0 spiro atoms. The molecule has 1 aromatic rings. The van der Waals surface area contributed by atoms with Gasteiger partial charge in [0.15, 0.2) is 0 Å². The average Bonchev–Trinajstić information content (AvgIpc) is 2.29. The Morgan fingerprint density at radius 3 is 3.00 bits per heavy atom. The standard InChI is InChI=1S/C12H17NO2S/c1-3-9(2)7-16-8-10-4-5-13-11(6-10)12(14)15/h4-6,9H,3,7-8H2,1-2H3,(H,14,15). The molecule has 4 heteroatoms. The predicted octanol–water partition coefficient (Wildman–Crippen LogP) is 3.06. The molecule has 0 saturated heterocycles. The lowest BCUT2D eigenvalue weighted by Gasteiger charge is -2.07. The minimum Gasteiger partial charge on any atom is -0.477 e. The molecule has 3 nitrogen and oxygen atoms in total. The molecule has 0 amide bonds. The average molecular weight is 239 g/mol. The number of thioether (sulfide) groups is 1. The van der Waals surface area contributed by atoms with Crippen LogP contribution >= 0.6 is 11.8 Å². The van der Waals surface area contributed by atoms with Gasteiger partial charge in [-0.3, -0.25) is 0 Å². The van der Waals surface area contributed by atoms with Crippen LogP contribution in [-0.2, 0) is 5.75 Å². The molecule has 88 valence electrons. The molecule has 0 aliphatic heterocycles. The van der Waals surface area contributed by atoms with Crippen molar-refractivity contribution in [3.8, 4) is 0 Å². The van der Waals surface area contributed by atoms with E-state index >= 15 is 0 Å². The number of pyridine rings is 1. The third kappa shape index (κ3) is 4.23. The molecule has 0 aliphatic rings. The number of carboxylic acid groups (broad SMARTS) is 1. The predicted molar refractivity (Wildman–Crippen MR) is 66.8 cm³/mol. The van der Waals surface area contributed by atoms with E-state index in [1.165, 1.54) is 6.42 Å². The maximum absolute atomic E-state index is 10.7. The molecular formula is C12H17NO2S. The van der Waals surface area contributed by atoms with Crippen molar-refractivity contribution in [2.45, 2.75) is 26.0 Å². The Balaban J connectivity index is 2.48. The number of aromatic nitrogens is 1. The summed E-state index contributed by atoms with van der Waals surface area (Å²) in [6, 6.07) is 3.52. The number of nitrogens with zero attached hydrogens (tertiary/aromatic N) is 1. The normalized spacial score (nSPS) is 12.4. The highest BCUT2D eigenvalue weighted by Crippen LogP contribution is 2.17. The fourth-order valence-electron chi connectivity index (χ4n) is 1.18. The maximum atomic E-state index is 10.7. The summed E-state index contributed by atoms with van der Waals surface area (Å²) in [5.41, 5.74) is 1.15. The van der Waals surface area contributed by atoms with Crippen molar-refractivity contribution in [1.29, 1.82) is 0 Å². The third-order valence-corrected chi connectivity index (χ3v) is 3.75. The molecule has 0 saturated carbocycles. The van der Waals surface area contributed by atoms with Crippen LogP contribution in [0.3, 0.4) is 0 Å². The fraction of sp³-hybridized carbons (Fsp3) is 0.500. The molecule has 1 aromatic heterocycles. The van der Waals surface area contributed by atoms with Crippen LogP contribution in [0, 0.1) is 5.92 Å². The van der Waals surface area contributed by atoms with E-state index in [4.69, 9.17) is 5.11 Å². The zero-order chi connectivity index (χ0) is 12.0. The first-order valence-corrected chi connectivity index (χ1v) is 6.55. The van der Waals surface area contributed by atoms with Crippen molar-refractivity contribution in [2.75, 3.05) is 5.75 Å². The minimum absolute atomic E-state index is 0.127. The van der Waals surface area contributed by atoms with Crippen LogP contribution in [0.4, 0.5) is 0 Å². The lowest BCUT2D eigenvalue weighted by Crippen LogP contribution is -2.01. The van der Waals surface area contributed by atoms with Crippen LogP contribution in [-0.4, -0.2) is 21.8 Å². The van der Waals surface area contributed by atoms with E-state index in [-0.39, 0.29) is 5.69 Å². The Morgan fingerprint density at radius 1 is 1.62 bits per heavy atom. The summed E-state index contributed by atoms with van der Waals surface area (Å²) >= 11 is 1.84. The number of rotatable bonds is 6. The number of hydrogen-bond acceptors (Lipinski definition) is 3. The molecule has 1 N–H and O–H groups in total. The van der Waals surface area contributed by atoms with Crippen LogP contribution in [0.2, 0.25) is 0 Å². The molecule has 1 rings (SSSR count). The van der Waals surface area contributed by atoms with Gasteiger partial charge in [-0.15, -0.1) is 0 Å². The lowest BCUT2D eigenvalue weighted by atomic mass is 10.2. The Bertz CT molecular complexity index is 355. The fourth-order valence-corrected chi connectivity index (χ4v) is 2.35. The molecule has 1 unspecified atom stereocenters. The van der Waals surface area contributed by atoms with Gasteiger partial charge >= 0.3 is 5.97 Å². The van der Waals surface area contributed by atoms with Gasteiger partial charge in [0.1, 0.15) is 5.69 Å². The van der Waals surface area contributed by atoms with Crippen LogP contribution in [0.25, 0.3) is 0 Å². The van der Waals surface area contributed by atoms with Gasteiger partial charge in [-0.05, 0) is 29.4 Å². The molecule has 1 heterocycles. The van der Waals surface area contributed by atoms with Gasteiger partial charge in [-0.25, -0.2) is 9.78 Å². The first-order valence-electron chi connectivity index (χ1n) is 5.39. The van der Waals surface area contributed by atoms with Crippen molar-refractivity contribution < 1.29 is 9.90 Å². The van der Waals surface area contributed by atoms with E-state index < -0.39 is 5.97 Å². The summed E-state index contributed by atoms with van der Waals surface area (Å²) in [5, 5.41) is 8.79. The second kappa shape index (κ2) is 6.53. The van der Waals surface area contributed by atoms with Gasteiger partial charge in [0.2, 0.25) is 0 Å². The van der Waals surface area contributed by atoms with Crippen molar-refractivity contribution in [1.82, 2.24) is 4.98 Å². The smallest absolute Gasteiger partial charge is 0.354 e. The zero-order valence-corrected chi connectivity index (χ0v) is 10.5. The highest BCUT2D eigenvalue weighted by Gasteiger charge is 2.05. The Morgan fingerprint density at radius 2 is 2.38 bits per heavy atom. The van der Waals surface area contributed by atoms with Gasteiger partial charge in [0.25, 0.3) is 0 Å². The van der Waals surface area contributed by atoms with Crippen molar-refractivity contribution >= 4 is 17.7 Å². The summed E-state index contributed by atoms with van der Waals surface area (Å²) < 4.78 is 0. The van der Waals surface area contributed by atoms with E-state index in [0.717, 1.165) is 17.1 Å². The summed E-state index contributed by atoms with van der Waals surface area (Å²) in [6.07, 6.45) is 2.74. The first kappa shape index (κ1) is 13.0. The summed E-state index contributed by atoms with van der Waals surface area (Å²) in [7, 11) is 0. The maximum Gasteiger partial charge on any atom is 0.354 e. The number of hydrogen-bond donors (Lipinski definition) is 1. The van der Waals surface area contributed by atoms with Gasteiger partial charge in [0.05, 0.1) is 0 Å². The van der Waals surface area contributed by atoms with Crippen molar-refractivity contribution in [3.63, 3.8) is 0 Å². The van der Waals surface area contributed by atoms with Gasteiger partial charge in [0, 0.05) is 11.9 Å². The molecule has 0 aromatic carbocycles. The molecule has 0 aliphatic carbocycles. The minimum atomic E-state index is -0.964. The zero-order valence-electron chi connectivity index (χ0n) is 9.64. The monoisotopic (exact) mass is 239 g/mol. The van der Waals surface area contributed by atoms with Gasteiger partial charge in [-0.2, -0.15) is 11.8 Å². The lowest BCUT2D eigenvalue weighted by molar-refractivity contribution is 0.0690. The number of aromatic carboxylic acids is 1. The largest absolute Gasteiger partial charge is 0.477 e. The second-order valence-electron chi connectivity index (χ2n) is 3.88. The molecule has 0 fully saturated rings. The Hall–Kier alpha value is -1.03. The summed E-state index contributed by atoms with van der Waals surface area (Å²) in [5.74, 6) is 1.72. The number of carboxylic acids is 1. The van der Waals surface area contributed by atoms with Crippen LogP contribution < -0.4 is 0 Å². The van der Waals surface area contributed by atoms with Crippen LogP contribution in [0.5, 0.6) is 0 Å². The molecular weight excluding hydrogens is 222 g/mol. The molecule has 1 atom stereocenters. The van der Waals surface area contributed by atoms with E-state index in [1.54, 1.807) is 12.3 Å². The first-order chi connectivity index (χ1) is 7.63. The highest BCUT2D eigenvalue weighted by atomic mass is 32.2. The number of carbonyl (C=O) groups is 1. The SMILES string of the molecule is CCC(C)CSCc1ccnc(C(=O)O)c1. The van der Waals surface area contributed by atoms with Crippen LogP contribution in [0.1, 0.15) is 36.3 Å². The summed E-state index contributed by atoms with van der Waals surface area (Å²) in [6.45, 7) is 4.41. The Labute approximate surface area is 100 Å². The quantitative estimate of drug-likeness (QED) is 0.829. The summed E-state index contributed by atoms with van der Waals surface area (Å²) in [4.78, 5) is 14.5. The van der Waals surface area contributed by atoms with Crippen molar-refractivity contribution in [3.05, 3.63) is 29.6 Å². The van der Waals surface area contributed by atoms with E-state index in [9.17, 15) is 4.79 Å². The van der Waals surface area contributed by atoms with E-state index in [2.05, 4.69) is 18.8 Å².